The molecule has 1 aliphatic carbocycles. The minimum absolute atomic E-state index is 0.0188. The molecule has 0 radical (unpaired) electrons. The molecule has 3 heteroatoms. The van der Waals surface area contributed by atoms with Gasteiger partial charge in [-0.05, 0) is 33.0 Å². The van der Waals surface area contributed by atoms with E-state index in [0.29, 0.717) is 11.9 Å². The van der Waals surface area contributed by atoms with E-state index in [1.54, 1.807) is 0 Å². The Labute approximate surface area is 74.8 Å². The van der Waals surface area contributed by atoms with E-state index < -0.39 is 0 Å². The zero-order valence-corrected chi connectivity index (χ0v) is 8.17. The quantitative estimate of drug-likeness (QED) is 0.559. The smallest absolute Gasteiger partial charge is 0.408 e. The fourth-order valence-electron chi connectivity index (χ4n) is 1.94. The van der Waals surface area contributed by atoms with Crippen LogP contribution in [0.15, 0.2) is 0 Å². The maximum absolute atomic E-state index is 5.85. The van der Waals surface area contributed by atoms with Crippen LogP contribution in [-0.4, -0.2) is 18.8 Å². The van der Waals surface area contributed by atoms with Crippen LogP contribution in [0, 0.1) is 0 Å². The van der Waals surface area contributed by atoms with Crippen molar-refractivity contribution in [3.63, 3.8) is 0 Å². The van der Waals surface area contributed by atoms with E-state index >= 15 is 0 Å². The lowest BCUT2D eigenvalue weighted by Crippen LogP contribution is -2.46. The lowest BCUT2D eigenvalue weighted by atomic mass is 9.77. The fourth-order valence-corrected chi connectivity index (χ4v) is 1.94. The van der Waals surface area contributed by atoms with Crippen molar-refractivity contribution in [1.82, 2.24) is 0 Å². The van der Waals surface area contributed by atoms with Crippen molar-refractivity contribution in [1.29, 1.82) is 0 Å². The van der Waals surface area contributed by atoms with E-state index in [2.05, 4.69) is 20.8 Å². The van der Waals surface area contributed by atoms with Crippen LogP contribution in [0.5, 0.6) is 0 Å². The maximum atomic E-state index is 5.85. The average molecular weight is 168 g/mol. The Hall–Kier alpha value is -0.0151. The third kappa shape index (κ3) is 1.83. The average Bonchev–Trinajstić information content (AvgIpc) is 2.61. The summed E-state index contributed by atoms with van der Waals surface area (Å²) in [4.78, 5) is 0. The van der Waals surface area contributed by atoms with Crippen LogP contribution in [0.25, 0.3) is 0 Å². The van der Waals surface area contributed by atoms with Gasteiger partial charge < -0.3 is 9.31 Å². The molecular weight excluding hydrogens is 151 g/mol. The first-order valence-corrected chi connectivity index (χ1v) is 4.90. The molecule has 0 aromatic rings. The SMILES string of the molecule is CC1CC(C)(C)OB(C2CC2)O1. The Bertz CT molecular complexity index is 177. The number of hydrogen-bond acceptors (Lipinski definition) is 2. The van der Waals surface area contributed by atoms with Gasteiger partial charge in [0.25, 0.3) is 0 Å². The van der Waals surface area contributed by atoms with E-state index in [1.165, 1.54) is 12.8 Å². The second kappa shape index (κ2) is 2.74. The van der Waals surface area contributed by atoms with Gasteiger partial charge in [-0.1, -0.05) is 12.8 Å². The van der Waals surface area contributed by atoms with Gasteiger partial charge in [0.2, 0.25) is 0 Å². The predicted molar refractivity (Wildman–Crippen MR) is 49.1 cm³/mol. The molecule has 0 N–H and O–H groups in total. The van der Waals surface area contributed by atoms with Gasteiger partial charge in [0.05, 0.1) is 5.60 Å². The number of hydrogen-bond donors (Lipinski definition) is 0. The molecule has 1 saturated heterocycles. The molecule has 2 rings (SSSR count). The zero-order valence-electron chi connectivity index (χ0n) is 8.17. The molecule has 1 unspecified atom stereocenters. The molecule has 1 atom stereocenters. The Morgan fingerprint density at radius 3 is 2.50 bits per heavy atom. The van der Waals surface area contributed by atoms with Crippen molar-refractivity contribution in [2.24, 2.45) is 0 Å². The Morgan fingerprint density at radius 1 is 1.33 bits per heavy atom. The van der Waals surface area contributed by atoms with Crippen molar-refractivity contribution in [2.45, 2.75) is 57.6 Å². The van der Waals surface area contributed by atoms with E-state index in [0.717, 1.165) is 6.42 Å². The lowest BCUT2D eigenvalue weighted by molar-refractivity contribution is -0.0295. The minimum atomic E-state index is 0.0188. The molecule has 0 spiro atoms. The molecule has 68 valence electrons. The van der Waals surface area contributed by atoms with E-state index in [-0.39, 0.29) is 12.7 Å². The van der Waals surface area contributed by atoms with Crippen LogP contribution in [-0.2, 0) is 9.31 Å². The molecule has 1 aliphatic heterocycles. The van der Waals surface area contributed by atoms with Gasteiger partial charge >= 0.3 is 7.12 Å². The first kappa shape index (κ1) is 8.58. The standard InChI is InChI=1S/C9H17BO2/c1-7-6-9(2,3)12-10(11-7)8-4-5-8/h7-8H,4-6H2,1-3H3. The van der Waals surface area contributed by atoms with Crippen LogP contribution in [0.1, 0.15) is 40.0 Å². The van der Waals surface area contributed by atoms with Crippen LogP contribution < -0.4 is 0 Å². The van der Waals surface area contributed by atoms with Crippen LogP contribution in [0.4, 0.5) is 0 Å². The summed E-state index contributed by atoms with van der Waals surface area (Å²) < 4.78 is 11.6. The third-order valence-corrected chi connectivity index (χ3v) is 2.59. The molecule has 1 saturated carbocycles. The van der Waals surface area contributed by atoms with Crippen LogP contribution in [0.3, 0.4) is 0 Å². The molecule has 2 fully saturated rings. The van der Waals surface area contributed by atoms with Gasteiger partial charge in [0.15, 0.2) is 0 Å². The highest BCUT2D eigenvalue weighted by atomic mass is 16.6. The summed E-state index contributed by atoms with van der Waals surface area (Å²) in [5, 5.41) is 0. The molecule has 0 aromatic carbocycles. The second-order valence-electron chi connectivity index (χ2n) is 4.73. The van der Waals surface area contributed by atoms with Gasteiger partial charge in [-0.2, -0.15) is 0 Å². The normalized spacial score (nSPS) is 35.2. The highest BCUT2D eigenvalue weighted by Gasteiger charge is 2.46. The van der Waals surface area contributed by atoms with E-state index in [4.69, 9.17) is 9.31 Å². The van der Waals surface area contributed by atoms with E-state index in [9.17, 15) is 0 Å². The van der Waals surface area contributed by atoms with Crippen LogP contribution >= 0.6 is 0 Å². The Morgan fingerprint density at radius 2 is 2.00 bits per heavy atom. The predicted octanol–water partition coefficient (Wildman–Crippen LogP) is 2.24. The molecule has 0 amide bonds. The summed E-state index contributed by atoms with van der Waals surface area (Å²) in [7, 11) is 0.0868. The van der Waals surface area contributed by atoms with Crippen molar-refractivity contribution >= 4 is 7.12 Å². The lowest BCUT2D eigenvalue weighted by Gasteiger charge is -2.38. The number of rotatable bonds is 1. The summed E-state index contributed by atoms with van der Waals surface area (Å²) >= 11 is 0. The van der Waals surface area contributed by atoms with Crippen molar-refractivity contribution in [2.75, 3.05) is 0 Å². The molecule has 0 bridgehead atoms. The first-order chi connectivity index (χ1) is 5.57. The van der Waals surface area contributed by atoms with Gasteiger partial charge in [0, 0.05) is 6.10 Å². The topological polar surface area (TPSA) is 18.5 Å². The summed E-state index contributed by atoms with van der Waals surface area (Å²) in [5.74, 6) is 0.687. The molecule has 2 nitrogen and oxygen atoms in total. The largest absolute Gasteiger partial charge is 0.460 e. The zero-order chi connectivity index (χ0) is 8.77. The molecule has 0 aromatic heterocycles. The molecule has 1 heterocycles. The summed E-state index contributed by atoms with van der Waals surface area (Å²) in [5.41, 5.74) is 0.0188. The van der Waals surface area contributed by atoms with Crippen LogP contribution in [0.2, 0.25) is 5.82 Å². The third-order valence-electron chi connectivity index (χ3n) is 2.59. The van der Waals surface area contributed by atoms with Crippen molar-refractivity contribution < 1.29 is 9.31 Å². The Kier molecular flexibility index (Phi) is 1.96. The van der Waals surface area contributed by atoms with E-state index in [1.807, 2.05) is 0 Å². The minimum Gasteiger partial charge on any atom is -0.408 e. The molecule has 12 heavy (non-hydrogen) atoms. The van der Waals surface area contributed by atoms with Crippen molar-refractivity contribution in [3.05, 3.63) is 0 Å². The monoisotopic (exact) mass is 168 g/mol. The second-order valence-corrected chi connectivity index (χ2v) is 4.73. The highest BCUT2D eigenvalue weighted by molar-refractivity contribution is 6.47. The van der Waals surface area contributed by atoms with Gasteiger partial charge in [0.1, 0.15) is 0 Å². The van der Waals surface area contributed by atoms with Crippen molar-refractivity contribution in [3.8, 4) is 0 Å². The maximum Gasteiger partial charge on any atom is 0.460 e. The molecular formula is C9H17BO2. The van der Waals surface area contributed by atoms with Gasteiger partial charge in [-0.15, -0.1) is 0 Å². The summed E-state index contributed by atoms with van der Waals surface area (Å²) in [6, 6.07) is 0. The molecule has 2 aliphatic rings. The van der Waals surface area contributed by atoms with Gasteiger partial charge in [-0.3, -0.25) is 0 Å². The summed E-state index contributed by atoms with van der Waals surface area (Å²) in [6.45, 7) is 6.45. The van der Waals surface area contributed by atoms with Gasteiger partial charge in [-0.25, -0.2) is 0 Å². The Balaban J connectivity index is 1.98. The first-order valence-electron chi connectivity index (χ1n) is 4.90. The summed E-state index contributed by atoms with van der Waals surface area (Å²) in [6.07, 6.45) is 3.94. The fraction of sp³-hybridized carbons (Fsp3) is 1.00. The highest BCUT2D eigenvalue weighted by Crippen LogP contribution is 2.43.